The van der Waals surface area contributed by atoms with E-state index in [0.29, 0.717) is 0 Å². The summed E-state index contributed by atoms with van der Waals surface area (Å²) >= 11 is 0. The van der Waals surface area contributed by atoms with Crippen molar-refractivity contribution in [1.82, 2.24) is 19.6 Å². The van der Waals surface area contributed by atoms with Gasteiger partial charge in [-0.05, 0) is 12.5 Å². The molecule has 0 spiro atoms. The van der Waals surface area contributed by atoms with Gasteiger partial charge in [-0.2, -0.15) is 10.2 Å². The number of nitrogens with one attached hydrogen (secondary N) is 1. The van der Waals surface area contributed by atoms with Crippen molar-refractivity contribution in [2.75, 3.05) is 5.32 Å². The molecule has 0 aliphatic rings. The molecule has 0 aliphatic heterocycles. The minimum atomic E-state index is 0.732. The fourth-order valence-corrected chi connectivity index (χ4v) is 1.61. The minimum Gasteiger partial charge on any atom is -0.365 e. The zero-order valence-corrected chi connectivity index (χ0v) is 9.72. The van der Waals surface area contributed by atoms with Crippen molar-refractivity contribution in [2.24, 2.45) is 7.05 Å². The number of hydrogen-bond donors (Lipinski definition) is 1. The second-order valence-electron chi connectivity index (χ2n) is 3.77. The summed E-state index contributed by atoms with van der Waals surface area (Å²) in [6.45, 7) is 3.82. The predicted molar refractivity (Wildman–Crippen MR) is 63.1 cm³/mol. The molecule has 0 aliphatic carbocycles. The first-order valence-electron chi connectivity index (χ1n) is 5.54. The van der Waals surface area contributed by atoms with Crippen molar-refractivity contribution in [3.8, 4) is 0 Å². The molecule has 1 N–H and O–H groups in total. The van der Waals surface area contributed by atoms with Crippen molar-refractivity contribution < 1.29 is 0 Å². The molecule has 2 heterocycles. The number of anilines is 1. The van der Waals surface area contributed by atoms with Crippen LogP contribution in [0.15, 0.2) is 24.5 Å². The van der Waals surface area contributed by atoms with Crippen LogP contribution in [0.4, 0.5) is 5.82 Å². The third-order valence-electron chi connectivity index (χ3n) is 2.37. The average molecular weight is 219 g/mol. The van der Waals surface area contributed by atoms with Gasteiger partial charge in [0.05, 0.1) is 18.4 Å². The zero-order chi connectivity index (χ0) is 11.4. The maximum absolute atomic E-state index is 4.31. The molecule has 16 heavy (non-hydrogen) atoms. The van der Waals surface area contributed by atoms with Gasteiger partial charge in [0, 0.05) is 25.9 Å². The van der Waals surface area contributed by atoms with Gasteiger partial charge < -0.3 is 5.32 Å². The van der Waals surface area contributed by atoms with E-state index in [1.54, 1.807) is 4.68 Å². The summed E-state index contributed by atoms with van der Waals surface area (Å²) in [6, 6.07) is 3.99. The van der Waals surface area contributed by atoms with Crippen LogP contribution in [0.2, 0.25) is 0 Å². The molecule has 0 radical (unpaired) electrons. The number of nitrogens with zero attached hydrogens (tertiary/aromatic N) is 4. The normalized spacial score (nSPS) is 10.6. The molecule has 2 aromatic heterocycles. The predicted octanol–water partition coefficient (Wildman–Crippen LogP) is 1.64. The van der Waals surface area contributed by atoms with E-state index in [0.717, 1.165) is 31.0 Å². The zero-order valence-electron chi connectivity index (χ0n) is 9.72. The van der Waals surface area contributed by atoms with Gasteiger partial charge in [-0.25, -0.2) is 4.68 Å². The van der Waals surface area contributed by atoms with Crippen molar-refractivity contribution in [1.29, 1.82) is 0 Å². The molecule has 5 heteroatoms. The highest BCUT2D eigenvalue weighted by Gasteiger charge is 2.02. The summed E-state index contributed by atoms with van der Waals surface area (Å²) in [6.07, 6.45) is 4.84. The highest BCUT2D eigenvalue weighted by atomic mass is 15.3. The van der Waals surface area contributed by atoms with Crippen LogP contribution in [-0.2, 0) is 20.1 Å². The molecule has 2 aromatic rings. The first-order valence-corrected chi connectivity index (χ1v) is 5.54. The summed E-state index contributed by atoms with van der Waals surface area (Å²) in [5.74, 6) is 1.05. The Morgan fingerprint density at radius 1 is 1.38 bits per heavy atom. The molecule has 0 unspecified atom stereocenters. The van der Waals surface area contributed by atoms with Gasteiger partial charge in [0.25, 0.3) is 0 Å². The highest BCUT2D eigenvalue weighted by molar-refractivity contribution is 5.34. The molecule has 5 nitrogen and oxygen atoms in total. The average Bonchev–Trinajstić information content (AvgIpc) is 2.85. The largest absolute Gasteiger partial charge is 0.365 e. The molecule has 0 bridgehead atoms. The number of hydrogen-bond acceptors (Lipinski definition) is 3. The molecule has 0 amide bonds. The third-order valence-corrected chi connectivity index (χ3v) is 2.37. The quantitative estimate of drug-likeness (QED) is 0.831. The molecule has 0 saturated heterocycles. The lowest BCUT2D eigenvalue weighted by molar-refractivity contribution is 0.606. The van der Waals surface area contributed by atoms with Crippen LogP contribution < -0.4 is 5.32 Å². The number of rotatable bonds is 5. The van der Waals surface area contributed by atoms with Crippen LogP contribution in [0.3, 0.4) is 0 Å². The maximum atomic E-state index is 4.31. The fourth-order valence-electron chi connectivity index (χ4n) is 1.61. The van der Waals surface area contributed by atoms with Crippen LogP contribution in [0.1, 0.15) is 19.0 Å². The Kier molecular flexibility index (Phi) is 3.24. The molecule has 0 atom stereocenters. The van der Waals surface area contributed by atoms with Gasteiger partial charge in [-0.15, -0.1) is 0 Å². The van der Waals surface area contributed by atoms with E-state index in [4.69, 9.17) is 0 Å². The van der Waals surface area contributed by atoms with Crippen molar-refractivity contribution in [3.05, 3.63) is 30.2 Å². The number of aryl methyl sites for hydroxylation is 2. The van der Waals surface area contributed by atoms with Crippen LogP contribution in [0.5, 0.6) is 0 Å². The summed E-state index contributed by atoms with van der Waals surface area (Å²) in [4.78, 5) is 0. The SMILES string of the molecule is CCCn1nccc1NCc1ccn(C)n1. The second-order valence-corrected chi connectivity index (χ2v) is 3.77. The van der Waals surface area contributed by atoms with E-state index < -0.39 is 0 Å². The third kappa shape index (κ3) is 2.42. The summed E-state index contributed by atoms with van der Waals surface area (Å²) in [5, 5.41) is 11.9. The Labute approximate surface area is 95.1 Å². The van der Waals surface area contributed by atoms with Gasteiger partial charge in [-0.1, -0.05) is 6.92 Å². The molecule has 0 fully saturated rings. The highest BCUT2D eigenvalue weighted by Crippen LogP contribution is 2.08. The number of aromatic nitrogens is 4. The van der Waals surface area contributed by atoms with Crippen LogP contribution in [0.25, 0.3) is 0 Å². The van der Waals surface area contributed by atoms with Gasteiger partial charge in [0.2, 0.25) is 0 Å². The van der Waals surface area contributed by atoms with Crippen LogP contribution >= 0.6 is 0 Å². The molecular weight excluding hydrogens is 202 g/mol. The lowest BCUT2D eigenvalue weighted by Crippen LogP contribution is -2.08. The molecule has 0 saturated carbocycles. The molecule has 2 rings (SSSR count). The van der Waals surface area contributed by atoms with E-state index in [2.05, 4.69) is 22.4 Å². The fraction of sp³-hybridized carbons (Fsp3) is 0.455. The Morgan fingerprint density at radius 3 is 2.94 bits per heavy atom. The van der Waals surface area contributed by atoms with Crippen molar-refractivity contribution in [2.45, 2.75) is 26.4 Å². The van der Waals surface area contributed by atoms with Gasteiger partial charge in [0.1, 0.15) is 5.82 Å². The standard InChI is InChI=1S/C11H17N5/c1-3-7-16-11(4-6-13-16)12-9-10-5-8-15(2)14-10/h4-6,8,12H,3,7,9H2,1-2H3. The first-order chi connectivity index (χ1) is 7.79. The monoisotopic (exact) mass is 219 g/mol. The smallest absolute Gasteiger partial charge is 0.124 e. The maximum Gasteiger partial charge on any atom is 0.124 e. The van der Waals surface area contributed by atoms with Gasteiger partial charge in [0.15, 0.2) is 0 Å². The summed E-state index contributed by atoms with van der Waals surface area (Å²) in [5.41, 5.74) is 1.03. The topological polar surface area (TPSA) is 47.7 Å². The Hall–Kier alpha value is -1.78. The van der Waals surface area contributed by atoms with Gasteiger partial charge >= 0.3 is 0 Å². The summed E-state index contributed by atoms with van der Waals surface area (Å²) in [7, 11) is 1.92. The van der Waals surface area contributed by atoms with Crippen molar-refractivity contribution in [3.63, 3.8) is 0 Å². The summed E-state index contributed by atoms with van der Waals surface area (Å²) < 4.78 is 3.78. The van der Waals surface area contributed by atoms with Gasteiger partial charge in [-0.3, -0.25) is 4.68 Å². The van der Waals surface area contributed by atoms with E-state index in [1.165, 1.54) is 0 Å². The minimum absolute atomic E-state index is 0.732. The Morgan fingerprint density at radius 2 is 2.25 bits per heavy atom. The molecule has 0 aromatic carbocycles. The van der Waals surface area contributed by atoms with Crippen molar-refractivity contribution >= 4 is 5.82 Å². The Bertz CT molecular complexity index is 443. The Balaban J connectivity index is 1.96. The molecule has 86 valence electrons. The van der Waals surface area contributed by atoms with E-state index in [1.807, 2.05) is 36.3 Å². The molecular formula is C11H17N5. The lowest BCUT2D eigenvalue weighted by Gasteiger charge is -2.07. The second kappa shape index (κ2) is 4.83. The lowest BCUT2D eigenvalue weighted by atomic mass is 10.4. The first kappa shape index (κ1) is 10.7. The van der Waals surface area contributed by atoms with Crippen LogP contribution in [0, 0.1) is 0 Å². The van der Waals surface area contributed by atoms with E-state index in [9.17, 15) is 0 Å². The van der Waals surface area contributed by atoms with E-state index in [-0.39, 0.29) is 0 Å². The van der Waals surface area contributed by atoms with E-state index >= 15 is 0 Å². The van der Waals surface area contributed by atoms with Crippen LogP contribution in [-0.4, -0.2) is 19.6 Å².